The van der Waals surface area contributed by atoms with E-state index in [1.165, 1.54) is 31.9 Å². The Morgan fingerprint density at radius 2 is 1.27 bits per heavy atom. The molecule has 0 amide bonds. The van der Waals surface area contributed by atoms with Crippen molar-refractivity contribution < 1.29 is 18.9 Å². The van der Waals surface area contributed by atoms with E-state index in [0.717, 1.165) is 44.9 Å². The van der Waals surface area contributed by atoms with Gasteiger partial charge in [-0.25, -0.2) is 0 Å². The topological polar surface area (TPSA) is 36.9 Å². The van der Waals surface area contributed by atoms with Crippen LogP contribution in [0.2, 0.25) is 0 Å². The summed E-state index contributed by atoms with van der Waals surface area (Å²) in [6.45, 7) is 2.18. The van der Waals surface area contributed by atoms with E-state index in [2.05, 4.69) is 92.3 Å². The lowest BCUT2D eigenvalue weighted by molar-refractivity contribution is 0.0423. The van der Waals surface area contributed by atoms with Gasteiger partial charge in [0, 0.05) is 44.5 Å². The molecule has 1 unspecified atom stereocenters. The van der Waals surface area contributed by atoms with Crippen LogP contribution in [0.1, 0.15) is 34.7 Å². The molecular weight excluding hydrogens is 585 g/mol. The number of fused-ring (bicyclic) bond motifs is 8. The van der Waals surface area contributed by atoms with Gasteiger partial charge in [-0.3, -0.25) is 0 Å². The molecule has 2 aliphatic rings. The highest BCUT2D eigenvalue weighted by Crippen LogP contribution is 2.59. The summed E-state index contributed by atoms with van der Waals surface area (Å²) in [5.41, 5.74) is 6.26. The van der Waals surface area contributed by atoms with Crippen molar-refractivity contribution in [3.63, 3.8) is 0 Å². The first-order chi connectivity index (χ1) is 21.4. The maximum Gasteiger partial charge on any atom is 0.178 e. The minimum atomic E-state index is -0.890. The lowest BCUT2D eigenvalue weighted by Gasteiger charge is -2.38. The van der Waals surface area contributed by atoms with Crippen LogP contribution in [0.3, 0.4) is 0 Å². The Hall–Kier alpha value is -3.84. The molecule has 0 saturated carbocycles. The van der Waals surface area contributed by atoms with Crippen LogP contribution >= 0.6 is 23.5 Å². The SMILES string of the molecule is COc1ccc(C2(c3ccc(OC)cc3)C=Cc3c4c(c5cc(SC)c(SC)cc5c3O2)-c2ccccc2C4(C)OC)cc1. The van der Waals surface area contributed by atoms with Crippen LogP contribution in [0.15, 0.2) is 101 Å². The number of ether oxygens (including phenoxy) is 4. The molecule has 7 rings (SSSR count). The maximum absolute atomic E-state index is 7.45. The molecule has 222 valence electrons. The molecule has 1 aliphatic heterocycles. The van der Waals surface area contributed by atoms with Crippen LogP contribution in [-0.2, 0) is 15.9 Å². The van der Waals surface area contributed by atoms with Gasteiger partial charge in [0.05, 0.1) is 14.2 Å². The summed E-state index contributed by atoms with van der Waals surface area (Å²) in [4.78, 5) is 2.48. The molecule has 44 heavy (non-hydrogen) atoms. The second kappa shape index (κ2) is 11.0. The fourth-order valence-electron chi connectivity index (χ4n) is 6.86. The largest absolute Gasteiger partial charge is 0.497 e. The van der Waals surface area contributed by atoms with Crippen LogP contribution in [0.5, 0.6) is 17.2 Å². The van der Waals surface area contributed by atoms with Gasteiger partial charge in [-0.2, -0.15) is 0 Å². The smallest absolute Gasteiger partial charge is 0.178 e. The van der Waals surface area contributed by atoms with Crippen LogP contribution in [0.4, 0.5) is 0 Å². The zero-order chi connectivity index (χ0) is 30.6. The van der Waals surface area contributed by atoms with E-state index in [1.807, 2.05) is 24.3 Å². The third-order valence-electron chi connectivity index (χ3n) is 9.18. The molecule has 5 aromatic carbocycles. The first kappa shape index (κ1) is 28.9. The molecule has 6 heteroatoms. The molecule has 0 saturated heterocycles. The minimum absolute atomic E-state index is 0.643. The van der Waals surface area contributed by atoms with Gasteiger partial charge in [-0.1, -0.05) is 54.6 Å². The highest BCUT2D eigenvalue weighted by molar-refractivity contribution is 8.01. The molecule has 1 atom stereocenters. The molecule has 1 heterocycles. The van der Waals surface area contributed by atoms with Gasteiger partial charge >= 0.3 is 0 Å². The third-order valence-corrected chi connectivity index (χ3v) is 10.9. The number of hydrogen-bond acceptors (Lipinski definition) is 6. The zero-order valence-corrected chi connectivity index (χ0v) is 27.3. The van der Waals surface area contributed by atoms with Crippen LogP contribution in [-0.4, -0.2) is 33.8 Å². The molecule has 5 aromatic rings. The van der Waals surface area contributed by atoms with E-state index in [4.69, 9.17) is 18.9 Å². The number of benzene rings is 5. The molecule has 0 spiro atoms. The predicted molar refractivity (Wildman–Crippen MR) is 183 cm³/mol. The van der Waals surface area contributed by atoms with Crippen molar-refractivity contribution in [3.05, 3.63) is 119 Å². The van der Waals surface area contributed by atoms with Crippen LogP contribution in [0.25, 0.3) is 28.0 Å². The summed E-state index contributed by atoms with van der Waals surface area (Å²) in [6, 6.07) is 29.6. The number of thioether (sulfide) groups is 2. The van der Waals surface area contributed by atoms with Crippen molar-refractivity contribution in [3.8, 4) is 28.4 Å². The Labute approximate surface area is 267 Å². The lowest BCUT2D eigenvalue weighted by atomic mass is 9.80. The van der Waals surface area contributed by atoms with Crippen molar-refractivity contribution in [1.82, 2.24) is 0 Å². The van der Waals surface area contributed by atoms with Crippen molar-refractivity contribution in [2.24, 2.45) is 0 Å². The fraction of sp³-hybridized carbons (Fsp3) is 0.211. The Balaban J connectivity index is 1.58. The van der Waals surface area contributed by atoms with E-state index >= 15 is 0 Å². The monoisotopic (exact) mass is 618 g/mol. The zero-order valence-electron chi connectivity index (χ0n) is 25.7. The van der Waals surface area contributed by atoms with Gasteiger partial charge in [-0.05, 0) is 84.0 Å². The van der Waals surface area contributed by atoms with Gasteiger partial charge < -0.3 is 18.9 Å². The summed E-state index contributed by atoms with van der Waals surface area (Å²) in [7, 11) is 5.18. The highest BCUT2D eigenvalue weighted by atomic mass is 32.2. The van der Waals surface area contributed by atoms with E-state index < -0.39 is 11.2 Å². The Bertz CT molecular complexity index is 1880. The average Bonchev–Trinajstić information content (AvgIpc) is 3.36. The highest BCUT2D eigenvalue weighted by Gasteiger charge is 2.46. The Morgan fingerprint density at radius 3 is 1.82 bits per heavy atom. The molecule has 0 bridgehead atoms. The molecular formula is C38H34O4S2. The summed E-state index contributed by atoms with van der Waals surface area (Å²) in [6.07, 6.45) is 8.72. The fourth-order valence-corrected chi connectivity index (χ4v) is 8.35. The van der Waals surface area contributed by atoms with Gasteiger partial charge in [0.2, 0.25) is 0 Å². The van der Waals surface area contributed by atoms with Crippen molar-refractivity contribution in [1.29, 1.82) is 0 Å². The van der Waals surface area contributed by atoms with Crippen LogP contribution in [0, 0.1) is 0 Å². The summed E-state index contributed by atoms with van der Waals surface area (Å²) in [5, 5.41) is 2.26. The second-order valence-corrected chi connectivity index (χ2v) is 12.9. The quantitative estimate of drug-likeness (QED) is 0.169. The molecule has 1 aliphatic carbocycles. The van der Waals surface area contributed by atoms with Gasteiger partial charge in [-0.15, -0.1) is 23.5 Å². The molecule has 0 radical (unpaired) electrons. The maximum atomic E-state index is 7.45. The number of hydrogen-bond donors (Lipinski definition) is 0. The first-order valence-electron chi connectivity index (χ1n) is 14.5. The van der Waals surface area contributed by atoms with Crippen molar-refractivity contribution in [2.45, 2.75) is 27.9 Å². The lowest BCUT2D eigenvalue weighted by Crippen LogP contribution is -2.35. The Kier molecular flexibility index (Phi) is 7.19. The molecule has 0 N–H and O–H groups in total. The van der Waals surface area contributed by atoms with E-state index in [0.29, 0.717) is 0 Å². The average molecular weight is 619 g/mol. The van der Waals surface area contributed by atoms with Crippen molar-refractivity contribution in [2.75, 3.05) is 33.8 Å². The third kappa shape index (κ3) is 4.12. The van der Waals surface area contributed by atoms with E-state index in [-0.39, 0.29) is 0 Å². The van der Waals surface area contributed by atoms with Gasteiger partial charge in [0.1, 0.15) is 22.8 Å². The molecule has 4 nitrogen and oxygen atoms in total. The normalized spacial score (nSPS) is 17.5. The molecule has 0 fully saturated rings. The standard InChI is InChI=1S/C38H34O4S2/c1-37(41-4)31-10-8-7-9-27(31)34-29-21-32(43-5)33(44-6)22-30(29)36-28(35(34)37)19-20-38(42-36,23-11-15-25(39-2)16-12-23)24-13-17-26(40-3)18-14-24/h7-22H,1-6H3. The number of rotatable bonds is 7. The van der Waals surface area contributed by atoms with Crippen molar-refractivity contribution >= 4 is 40.4 Å². The molecule has 0 aromatic heterocycles. The number of methoxy groups -OCH3 is 3. The van der Waals surface area contributed by atoms with E-state index in [1.54, 1.807) is 44.9 Å². The van der Waals surface area contributed by atoms with Crippen LogP contribution < -0.4 is 14.2 Å². The minimum Gasteiger partial charge on any atom is -0.497 e. The summed E-state index contributed by atoms with van der Waals surface area (Å²) >= 11 is 3.54. The summed E-state index contributed by atoms with van der Waals surface area (Å²) in [5.74, 6) is 2.45. The Morgan fingerprint density at radius 1 is 0.705 bits per heavy atom. The van der Waals surface area contributed by atoms with E-state index in [9.17, 15) is 0 Å². The second-order valence-electron chi connectivity index (χ2n) is 11.2. The first-order valence-corrected chi connectivity index (χ1v) is 17.0. The van der Waals surface area contributed by atoms with Gasteiger partial charge in [0.25, 0.3) is 0 Å². The summed E-state index contributed by atoms with van der Waals surface area (Å²) < 4.78 is 24.9. The van der Waals surface area contributed by atoms with Gasteiger partial charge in [0.15, 0.2) is 5.60 Å². The predicted octanol–water partition coefficient (Wildman–Crippen LogP) is 9.54.